The summed E-state index contributed by atoms with van der Waals surface area (Å²) in [5.74, 6) is -0.313. The van der Waals surface area contributed by atoms with Crippen LogP contribution in [0.15, 0.2) is 30.5 Å². The monoisotopic (exact) mass is 365 g/mol. The van der Waals surface area contributed by atoms with Crippen molar-refractivity contribution < 1.29 is 9.59 Å². The first-order valence-corrected chi connectivity index (χ1v) is 9.60. The molecule has 0 atom stereocenters. The Balaban J connectivity index is 1.79. The molecule has 1 N–H and O–H groups in total. The summed E-state index contributed by atoms with van der Waals surface area (Å²) in [5.41, 5.74) is 4.82. The van der Waals surface area contributed by atoms with Crippen LogP contribution in [0.3, 0.4) is 0 Å². The molecule has 1 aromatic heterocycles. The molecule has 142 valence electrons. The van der Waals surface area contributed by atoms with Crippen LogP contribution < -0.4 is 5.32 Å². The Bertz CT molecular complexity index is 829. The zero-order valence-corrected chi connectivity index (χ0v) is 16.3. The van der Waals surface area contributed by atoms with E-state index in [1.54, 1.807) is 12.1 Å². The van der Waals surface area contributed by atoms with Crippen molar-refractivity contribution in [2.75, 3.05) is 18.4 Å². The molecule has 0 unspecified atom stereocenters. The van der Waals surface area contributed by atoms with Gasteiger partial charge in [0.1, 0.15) is 5.69 Å². The second-order valence-electron chi connectivity index (χ2n) is 7.36. The topological polar surface area (TPSA) is 62.3 Å². The fourth-order valence-electron chi connectivity index (χ4n) is 3.69. The molecule has 27 heavy (non-hydrogen) atoms. The first-order valence-electron chi connectivity index (χ1n) is 9.60. The number of hydrogen-bond acceptors (Lipinski definition) is 3. The van der Waals surface area contributed by atoms with Crippen LogP contribution in [-0.4, -0.2) is 34.8 Å². The molecule has 2 aromatic rings. The summed E-state index contributed by atoms with van der Waals surface area (Å²) < 4.78 is 0. The number of nitrogens with one attached hydrogen (secondary N) is 1. The molecule has 0 bridgehead atoms. The standard InChI is InChI=1S/C22H27N3O2/c1-15-12-16(2)20(17(3)13-15)24-21(26)18-8-9-23-19(14-18)22(27)25-10-6-4-5-7-11-25/h8-9,12-14H,4-7,10-11H2,1-3H3,(H,24,26). The third-order valence-corrected chi connectivity index (χ3v) is 5.05. The van der Waals surface area contributed by atoms with Gasteiger partial charge in [-0.3, -0.25) is 14.6 Å². The molecule has 0 spiro atoms. The van der Waals surface area contributed by atoms with Crippen molar-refractivity contribution in [2.45, 2.75) is 46.5 Å². The Kier molecular flexibility index (Phi) is 5.89. The molecule has 0 radical (unpaired) electrons. The molecule has 5 heteroatoms. The first-order chi connectivity index (χ1) is 13.0. The molecule has 2 amide bonds. The van der Waals surface area contributed by atoms with E-state index in [9.17, 15) is 9.59 Å². The third kappa shape index (κ3) is 4.54. The lowest BCUT2D eigenvalue weighted by atomic mass is 10.0. The highest BCUT2D eigenvalue weighted by Crippen LogP contribution is 2.23. The van der Waals surface area contributed by atoms with Crippen molar-refractivity contribution in [3.63, 3.8) is 0 Å². The molecule has 3 rings (SSSR count). The van der Waals surface area contributed by atoms with Gasteiger partial charge in [-0.25, -0.2) is 0 Å². The zero-order chi connectivity index (χ0) is 19.4. The maximum atomic E-state index is 12.8. The summed E-state index contributed by atoms with van der Waals surface area (Å²) in [5, 5.41) is 2.99. The first kappa shape index (κ1) is 19.1. The van der Waals surface area contributed by atoms with Gasteiger partial charge in [0.05, 0.1) is 0 Å². The molecule has 1 aliphatic rings. The lowest BCUT2D eigenvalue weighted by molar-refractivity contribution is 0.0755. The van der Waals surface area contributed by atoms with E-state index in [2.05, 4.69) is 10.3 Å². The SMILES string of the molecule is Cc1cc(C)c(NC(=O)c2ccnc(C(=O)N3CCCCCC3)c2)c(C)c1. The fourth-order valence-corrected chi connectivity index (χ4v) is 3.69. The smallest absolute Gasteiger partial charge is 0.272 e. The van der Waals surface area contributed by atoms with Gasteiger partial charge in [0.15, 0.2) is 0 Å². The van der Waals surface area contributed by atoms with Gasteiger partial charge >= 0.3 is 0 Å². The van der Waals surface area contributed by atoms with E-state index in [0.717, 1.165) is 61.2 Å². The number of pyridine rings is 1. The van der Waals surface area contributed by atoms with Crippen LogP contribution >= 0.6 is 0 Å². The molecule has 1 aromatic carbocycles. The van der Waals surface area contributed by atoms with E-state index in [0.29, 0.717) is 11.3 Å². The highest BCUT2D eigenvalue weighted by molar-refractivity contribution is 6.06. The highest BCUT2D eigenvalue weighted by Gasteiger charge is 2.20. The second-order valence-corrected chi connectivity index (χ2v) is 7.36. The lowest BCUT2D eigenvalue weighted by Gasteiger charge is -2.20. The van der Waals surface area contributed by atoms with Gasteiger partial charge in [-0.1, -0.05) is 30.5 Å². The lowest BCUT2D eigenvalue weighted by Crippen LogP contribution is -2.32. The molecule has 1 aliphatic heterocycles. The van der Waals surface area contributed by atoms with Crippen LogP contribution in [-0.2, 0) is 0 Å². The van der Waals surface area contributed by atoms with Gasteiger partial charge in [0.25, 0.3) is 11.8 Å². The van der Waals surface area contributed by atoms with Crippen molar-refractivity contribution in [1.29, 1.82) is 0 Å². The molecule has 5 nitrogen and oxygen atoms in total. The van der Waals surface area contributed by atoms with Crippen LogP contribution in [0.5, 0.6) is 0 Å². The summed E-state index contributed by atoms with van der Waals surface area (Å²) in [6.07, 6.45) is 5.91. The number of rotatable bonds is 3. The Labute approximate surface area is 160 Å². The zero-order valence-electron chi connectivity index (χ0n) is 16.3. The molecule has 1 fully saturated rings. The van der Waals surface area contributed by atoms with E-state index in [4.69, 9.17) is 0 Å². The number of benzene rings is 1. The molecule has 2 heterocycles. The number of aromatic nitrogens is 1. The van der Waals surface area contributed by atoms with Crippen LogP contribution in [0.4, 0.5) is 5.69 Å². The summed E-state index contributed by atoms with van der Waals surface area (Å²) in [7, 11) is 0. The van der Waals surface area contributed by atoms with Crippen LogP contribution in [0, 0.1) is 20.8 Å². The van der Waals surface area contributed by atoms with Crippen molar-refractivity contribution in [3.05, 3.63) is 58.4 Å². The number of nitrogens with zero attached hydrogens (tertiary/aromatic N) is 2. The molecular weight excluding hydrogens is 338 g/mol. The number of anilines is 1. The molecule has 0 aliphatic carbocycles. The van der Waals surface area contributed by atoms with Crippen molar-refractivity contribution in [1.82, 2.24) is 9.88 Å². The molecule has 0 saturated carbocycles. The van der Waals surface area contributed by atoms with Gasteiger partial charge in [-0.15, -0.1) is 0 Å². The van der Waals surface area contributed by atoms with E-state index >= 15 is 0 Å². The number of carbonyl (C=O) groups excluding carboxylic acids is 2. The minimum Gasteiger partial charge on any atom is -0.337 e. The van der Waals surface area contributed by atoms with Crippen molar-refractivity contribution >= 4 is 17.5 Å². The summed E-state index contributed by atoms with van der Waals surface area (Å²) in [4.78, 5) is 31.6. The minimum atomic E-state index is -0.225. The van der Waals surface area contributed by atoms with Crippen LogP contribution in [0.2, 0.25) is 0 Å². The van der Waals surface area contributed by atoms with Gasteiger partial charge in [-0.2, -0.15) is 0 Å². The predicted octanol–water partition coefficient (Wildman–Crippen LogP) is 4.28. The van der Waals surface area contributed by atoms with Crippen molar-refractivity contribution in [3.8, 4) is 0 Å². The van der Waals surface area contributed by atoms with Gasteiger partial charge in [0, 0.05) is 30.5 Å². The summed E-state index contributed by atoms with van der Waals surface area (Å²) in [6.45, 7) is 7.53. The maximum Gasteiger partial charge on any atom is 0.272 e. The maximum absolute atomic E-state index is 12.8. The minimum absolute atomic E-state index is 0.0887. The Morgan fingerprint density at radius 3 is 2.22 bits per heavy atom. The largest absolute Gasteiger partial charge is 0.337 e. The van der Waals surface area contributed by atoms with Gasteiger partial charge < -0.3 is 10.2 Å². The van der Waals surface area contributed by atoms with E-state index in [1.165, 1.54) is 6.20 Å². The Hall–Kier alpha value is -2.69. The van der Waals surface area contributed by atoms with E-state index < -0.39 is 0 Å². The van der Waals surface area contributed by atoms with Crippen LogP contribution in [0.1, 0.15) is 63.2 Å². The Morgan fingerprint density at radius 1 is 0.963 bits per heavy atom. The second kappa shape index (κ2) is 8.33. The fraction of sp³-hybridized carbons (Fsp3) is 0.409. The van der Waals surface area contributed by atoms with Gasteiger partial charge in [-0.05, 0) is 56.9 Å². The molecule has 1 saturated heterocycles. The van der Waals surface area contributed by atoms with Crippen molar-refractivity contribution in [2.24, 2.45) is 0 Å². The average molecular weight is 365 g/mol. The Morgan fingerprint density at radius 2 is 1.59 bits per heavy atom. The molecular formula is C22H27N3O2. The number of amides is 2. The normalized spacial score (nSPS) is 14.6. The summed E-state index contributed by atoms with van der Waals surface area (Å²) >= 11 is 0. The van der Waals surface area contributed by atoms with Crippen LogP contribution in [0.25, 0.3) is 0 Å². The quantitative estimate of drug-likeness (QED) is 0.883. The highest BCUT2D eigenvalue weighted by atomic mass is 16.2. The predicted molar refractivity (Wildman–Crippen MR) is 107 cm³/mol. The number of aryl methyl sites for hydroxylation is 3. The number of likely N-dealkylation sites (tertiary alicyclic amines) is 1. The average Bonchev–Trinajstić information content (AvgIpc) is 2.93. The number of hydrogen-bond donors (Lipinski definition) is 1. The third-order valence-electron chi connectivity index (χ3n) is 5.05. The van der Waals surface area contributed by atoms with Gasteiger partial charge in [0.2, 0.25) is 0 Å². The summed E-state index contributed by atoms with van der Waals surface area (Å²) in [6, 6.07) is 7.34. The number of carbonyl (C=O) groups is 2. The van der Waals surface area contributed by atoms with E-state index in [1.807, 2.05) is 37.8 Å². The van der Waals surface area contributed by atoms with E-state index in [-0.39, 0.29) is 11.8 Å².